The van der Waals surface area contributed by atoms with Gasteiger partial charge < -0.3 is 14.7 Å². The lowest BCUT2D eigenvalue weighted by molar-refractivity contribution is -0.122. The van der Waals surface area contributed by atoms with Crippen molar-refractivity contribution in [3.63, 3.8) is 0 Å². The number of Topliss-reactive ketones (excluding diaryl/α,β-unsaturated/α-hetero) is 2. The number of rotatable bonds is 5. The minimum Gasteiger partial charge on any atom is -0.445 e. The van der Waals surface area contributed by atoms with Crippen LogP contribution in [0.3, 0.4) is 0 Å². The van der Waals surface area contributed by atoms with Crippen molar-refractivity contribution in [3.05, 3.63) is 71.3 Å². The second-order valence-corrected chi connectivity index (χ2v) is 6.45. The number of aliphatic hydroxyl groups is 1. The molecule has 0 unspecified atom stereocenters. The van der Waals surface area contributed by atoms with E-state index >= 15 is 0 Å². The number of amides is 1. The maximum Gasteiger partial charge on any atom is 0.410 e. The van der Waals surface area contributed by atoms with Crippen LogP contribution in [-0.4, -0.2) is 40.8 Å². The molecular formula is C21H21NO5. The maximum absolute atomic E-state index is 12.6. The van der Waals surface area contributed by atoms with Crippen LogP contribution in [0.15, 0.2) is 54.6 Å². The Bertz CT molecular complexity index is 816. The number of likely N-dealkylation sites (tertiary alicyclic amines) is 1. The number of carbonyl (C=O) groups excluding carboxylic acids is 3. The van der Waals surface area contributed by atoms with E-state index in [1.807, 2.05) is 30.3 Å². The molecule has 0 saturated carbocycles. The third-order valence-electron chi connectivity index (χ3n) is 4.63. The van der Waals surface area contributed by atoms with Gasteiger partial charge in [0.05, 0.1) is 6.04 Å². The molecule has 1 N–H and O–H groups in total. The lowest BCUT2D eigenvalue weighted by atomic mass is 9.94. The molecule has 0 spiro atoms. The Morgan fingerprint density at radius 3 is 2.44 bits per heavy atom. The van der Waals surface area contributed by atoms with Gasteiger partial charge in [-0.1, -0.05) is 54.6 Å². The molecule has 2 aromatic carbocycles. The monoisotopic (exact) mass is 367 g/mol. The van der Waals surface area contributed by atoms with Crippen molar-refractivity contribution in [3.8, 4) is 0 Å². The number of hydrogen-bond acceptors (Lipinski definition) is 5. The fourth-order valence-corrected chi connectivity index (χ4v) is 3.13. The Hall–Kier alpha value is -2.99. The highest BCUT2D eigenvalue weighted by Crippen LogP contribution is 2.30. The van der Waals surface area contributed by atoms with Gasteiger partial charge >= 0.3 is 6.09 Å². The van der Waals surface area contributed by atoms with Gasteiger partial charge in [0, 0.05) is 24.9 Å². The Morgan fingerprint density at radius 2 is 1.78 bits per heavy atom. The number of ketones is 2. The Balaban J connectivity index is 1.73. The van der Waals surface area contributed by atoms with E-state index in [0.717, 1.165) is 11.1 Å². The fraction of sp³-hybridized carbons (Fsp3) is 0.286. The van der Waals surface area contributed by atoms with E-state index < -0.39 is 18.7 Å². The summed E-state index contributed by atoms with van der Waals surface area (Å²) in [5, 5.41) is 8.95. The summed E-state index contributed by atoms with van der Waals surface area (Å²) >= 11 is 0. The Morgan fingerprint density at radius 1 is 1.07 bits per heavy atom. The summed E-state index contributed by atoms with van der Waals surface area (Å²) in [6.45, 7) is -0.0889. The molecule has 1 heterocycles. The van der Waals surface area contributed by atoms with E-state index in [9.17, 15) is 14.4 Å². The van der Waals surface area contributed by atoms with Gasteiger partial charge in [0.1, 0.15) is 19.0 Å². The first-order valence-corrected chi connectivity index (χ1v) is 8.81. The largest absolute Gasteiger partial charge is 0.445 e. The number of carbonyl (C=O) groups is 3. The first-order chi connectivity index (χ1) is 13.1. The Kier molecular flexibility index (Phi) is 5.98. The van der Waals surface area contributed by atoms with Crippen LogP contribution in [0.4, 0.5) is 4.79 Å². The average Bonchev–Trinajstić information content (AvgIpc) is 2.72. The summed E-state index contributed by atoms with van der Waals surface area (Å²) in [4.78, 5) is 37.7. The SMILES string of the molecule is O=C1CCN(C(=O)OCc2ccccc2)[C@H](c2ccc(C(=O)CO)cc2)C1. The second-order valence-electron chi connectivity index (χ2n) is 6.45. The van der Waals surface area contributed by atoms with Gasteiger partial charge in [-0.25, -0.2) is 4.79 Å². The molecule has 0 aromatic heterocycles. The van der Waals surface area contributed by atoms with Crippen LogP contribution in [0.1, 0.15) is 40.4 Å². The average molecular weight is 367 g/mol. The minimum atomic E-state index is -0.556. The third-order valence-corrected chi connectivity index (χ3v) is 4.63. The van der Waals surface area contributed by atoms with Crippen molar-refractivity contribution >= 4 is 17.7 Å². The molecule has 1 atom stereocenters. The van der Waals surface area contributed by atoms with E-state index in [4.69, 9.17) is 9.84 Å². The van der Waals surface area contributed by atoms with Crippen molar-refractivity contribution in [2.75, 3.05) is 13.2 Å². The van der Waals surface area contributed by atoms with Gasteiger partial charge in [-0.3, -0.25) is 9.59 Å². The zero-order chi connectivity index (χ0) is 19.2. The van der Waals surface area contributed by atoms with Crippen molar-refractivity contribution in [1.82, 2.24) is 4.90 Å². The molecule has 3 rings (SSSR count). The highest BCUT2D eigenvalue weighted by Gasteiger charge is 2.32. The summed E-state index contributed by atoms with van der Waals surface area (Å²) in [7, 11) is 0. The van der Waals surface area contributed by atoms with E-state index in [1.165, 1.54) is 0 Å². The standard InChI is InChI=1S/C21H21NO5/c23-13-20(25)17-8-6-16(7-9-17)19-12-18(24)10-11-22(19)21(26)27-14-15-4-2-1-3-5-15/h1-9,19,23H,10-14H2/t19-/m0/s1. The van der Waals surface area contributed by atoms with Crippen LogP contribution in [-0.2, 0) is 16.1 Å². The highest BCUT2D eigenvalue weighted by atomic mass is 16.6. The Labute approximate surface area is 157 Å². The summed E-state index contributed by atoms with van der Waals surface area (Å²) in [6, 6.07) is 15.6. The molecule has 0 radical (unpaired) electrons. The van der Waals surface area contributed by atoms with Gasteiger partial charge in [0.15, 0.2) is 5.78 Å². The van der Waals surface area contributed by atoms with Crippen LogP contribution in [0.2, 0.25) is 0 Å². The molecule has 2 aromatic rings. The second kappa shape index (κ2) is 8.60. The van der Waals surface area contributed by atoms with Gasteiger partial charge in [0.2, 0.25) is 0 Å². The van der Waals surface area contributed by atoms with Crippen LogP contribution in [0, 0.1) is 0 Å². The normalized spacial score (nSPS) is 16.9. The molecular weight excluding hydrogens is 346 g/mol. The molecule has 1 aliphatic rings. The van der Waals surface area contributed by atoms with E-state index in [2.05, 4.69) is 0 Å². The van der Waals surface area contributed by atoms with Gasteiger partial charge in [-0.2, -0.15) is 0 Å². The summed E-state index contributed by atoms with van der Waals surface area (Å²) in [5.74, 6) is -0.289. The first-order valence-electron chi connectivity index (χ1n) is 8.81. The zero-order valence-electron chi connectivity index (χ0n) is 14.8. The van der Waals surface area contributed by atoms with Crippen molar-refractivity contribution in [2.45, 2.75) is 25.5 Å². The maximum atomic E-state index is 12.6. The van der Waals surface area contributed by atoms with Crippen molar-refractivity contribution in [2.24, 2.45) is 0 Å². The number of ether oxygens (including phenoxy) is 1. The molecule has 1 amide bonds. The van der Waals surface area contributed by atoms with Crippen LogP contribution in [0.25, 0.3) is 0 Å². The van der Waals surface area contributed by atoms with Crippen molar-refractivity contribution < 1.29 is 24.2 Å². The quantitative estimate of drug-likeness (QED) is 0.822. The molecule has 1 fully saturated rings. The van der Waals surface area contributed by atoms with Crippen LogP contribution < -0.4 is 0 Å². The molecule has 1 aliphatic heterocycles. The molecule has 6 nitrogen and oxygen atoms in total. The molecule has 6 heteroatoms. The van der Waals surface area contributed by atoms with E-state index in [0.29, 0.717) is 18.5 Å². The summed E-state index contributed by atoms with van der Waals surface area (Å²) < 4.78 is 5.42. The third kappa shape index (κ3) is 4.60. The molecule has 27 heavy (non-hydrogen) atoms. The lowest BCUT2D eigenvalue weighted by Gasteiger charge is -2.34. The molecule has 0 bridgehead atoms. The van der Waals surface area contributed by atoms with E-state index in [1.54, 1.807) is 29.2 Å². The van der Waals surface area contributed by atoms with E-state index in [-0.39, 0.29) is 24.6 Å². The van der Waals surface area contributed by atoms with Crippen LogP contribution >= 0.6 is 0 Å². The zero-order valence-corrected chi connectivity index (χ0v) is 14.8. The molecule has 1 saturated heterocycles. The van der Waals surface area contributed by atoms with Gasteiger partial charge in [0.25, 0.3) is 0 Å². The predicted octanol–water partition coefficient (Wildman–Crippen LogP) is 2.90. The summed E-state index contributed by atoms with van der Waals surface area (Å²) in [6.07, 6.45) is 0.0537. The number of piperidine rings is 1. The lowest BCUT2D eigenvalue weighted by Crippen LogP contribution is -2.41. The fourth-order valence-electron chi connectivity index (χ4n) is 3.13. The first kappa shape index (κ1) is 18.8. The number of aliphatic hydroxyl groups excluding tert-OH is 1. The van der Waals surface area contributed by atoms with Crippen LogP contribution in [0.5, 0.6) is 0 Å². The molecule has 140 valence electrons. The van der Waals surface area contributed by atoms with Gasteiger partial charge in [-0.05, 0) is 11.1 Å². The van der Waals surface area contributed by atoms with Crippen molar-refractivity contribution in [1.29, 1.82) is 0 Å². The summed E-state index contributed by atoms with van der Waals surface area (Å²) in [5.41, 5.74) is 2.04. The highest BCUT2D eigenvalue weighted by molar-refractivity contribution is 5.96. The molecule has 0 aliphatic carbocycles. The predicted molar refractivity (Wildman–Crippen MR) is 98.2 cm³/mol. The number of hydrogen-bond donors (Lipinski definition) is 1. The number of nitrogens with zero attached hydrogens (tertiary/aromatic N) is 1. The minimum absolute atomic E-state index is 0.0858. The number of benzene rings is 2. The smallest absolute Gasteiger partial charge is 0.410 e. The topological polar surface area (TPSA) is 83.9 Å². The van der Waals surface area contributed by atoms with Gasteiger partial charge in [-0.15, -0.1) is 0 Å².